The smallest absolute Gasteiger partial charge is 0.344 e. The third-order valence-electron chi connectivity index (χ3n) is 4.55. The van der Waals surface area contributed by atoms with E-state index in [-0.39, 0.29) is 38.5 Å². The van der Waals surface area contributed by atoms with Gasteiger partial charge in [0.15, 0.2) is 21.4 Å². The predicted octanol–water partition coefficient (Wildman–Crippen LogP) is 3.42. The van der Waals surface area contributed by atoms with Crippen molar-refractivity contribution in [1.29, 1.82) is 0 Å². The molecule has 0 radical (unpaired) electrons. The lowest BCUT2D eigenvalue weighted by Crippen LogP contribution is -2.19. The summed E-state index contributed by atoms with van der Waals surface area (Å²) >= 11 is 6.14. The Bertz CT molecular complexity index is 937. The second kappa shape index (κ2) is 12.5. The fraction of sp³-hybridized carbons (Fsp3) is 0.476. The number of benzene rings is 1. The maximum atomic E-state index is 12.3. The number of halogens is 1. The number of carbonyl (C=O) groups is 3. The van der Waals surface area contributed by atoms with E-state index in [0.29, 0.717) is 19.3 Å². The highest BCUT2D eigenvalue weighted by atomic mass is 35.5. The Kier molecular flexibility index (Phi) is 10.7. The summed E-state index contributed by atoms with van der Waals surface area (Å²) < 4.78 is 34.4. The fourth-order valence-electron chi connectivity index (χ4n) is 2.67. The average Bonchev–Trinajstić information content (AvgIpc) is 2.75. The lowest BCUT2D eigenvalue weighted by atomic mass is 10.1. The molecule has 2 rings (SSSR count). The molecule has 0 aliphatic heterocycles. The lowest BCUT2D eigenvalue weighted by molar-refractivity contribution is -0.118. The van der Waals surface area contributed by atoms with E-state index in [1.165, 1.54) is 32.2 Å². The molecule has 31 heavy (non-hydrogen) atoms. The van der Waals surface area contributed by atoms with Crippen molar-refractivity contribution in [2.24, 2.45) is 0 Å². The molecule has 0 N–H and O–H groups in total. The van der Waals surface area contributed by atoms with Crippen LogP contribution in [0.2, 0.25) is 5.02 Å². The molecular formula is C21H28ClNO7S. The topological polar surface area (TPSA) is 107 Å². The summed E-state index contributed by atoms with van der Waals surface area (Å²) in [7, 11) is -2.29. The van der Waals surface area contributed by atoms with Crippen LogP contribution >= 0.6 is 11.6 Å². The van der Waals surface area contributed by atoms with E-state index >= 15 is 0 Å². The highest BCUT2D eigenvalue weighted by Crippen LogP contribution is 2.36. The van der Waals surface area contributed by atoms with Crippen LogP contribution in [0.4, 0.5) is 0 Å². The second-order valence-electron chi connectivity index (χ2n) is 6.51. The van der Waals surface area contributed by atoms with E-state index in [0.717, 1.165) is 19.5 Å². The molecule has 1 aromatic carbocycles. The van der Waals surface area contributed by atoms with Crippen molar-refractivity contribution in [1.82, 2.24) is 4.90 Å². The number of ketones is 1. The van der Waals surface area contributed by atoms with Crippen LogP contribution in [0.3, 0.4) is 0 Å². The molecule has 0 saturated carbocycles. The van der Waals surface area contributed by atoms with Gasteiger partial charge in [-0.3, -0.25) is 9.59 Å². The molecule has 0 bridgehead atoms. The van der Waals surface area contributed by atoms with E-state index < -0.39 is 15.8 Å². The first-order valence-corrected chi connectivity index (χ1v) is 11.9. The quantitative estimate of drug-likeness (QED) is 0.420. The molecule has 1 aliphatic rings. The van der Waals surface area contributed by atoms with E-state index in [9.17, 15) is 22.8 Å². The zero-order chi connectivity index (χ0) is 23.6. The summed E-state index contributed by atoms with van der Waals surface area (Å²) in [5.41, 5.74) is -0.0255. The third kappa shape index (κ3) is 7.36. The van der Waals surface area contributed by atoms with Crippen molar-refractivity contribution >= 4 is 39.6 Å². The Hall–Kier alpha value is -2.39. The van der Waals surface area contributed by atoms with Crippen molar-refractivity contribution in [3.8, 4) is 5.75 Å². The van der Waals surface area contributed by atoms with Crippen LogP contribution in [0.25, 0.3) is 0 Å². The van der Waals surface area contributed by atoms with Gasteiger partial charge in [-0.25, -0.2) is 13.2 Å². The maximum absolute atomic E-state index is 12.3. The van der Waals surface area contributed by atoms with E-state index in [1.54, 1.807) is 4.90 Å². The number of methoxy groups -OCH3 is 1. The van der Waals surface area contributed by atoms with E-state index in [4.69, 9.17) is 21.1 Å². The van der Waals surface area contributed by atoms with Crippen LogP contribution < -0.4 is 4.74 Å². The van der Waals surface area contributed by atoms with Crippen molar-refractivity contribution < 1.29 is 32.3 Å². The van der Waals surface area contributed by atoms with Crippen molar-refractivity contribution in [3.05, 3.63) is 34.6 Å². The normalized spacial score (nSPS) is 13.5. The number of ether oxygens (including phenoxy) is 2. The van der Waals surface area contributed by atoms with Crippen molar-refractivity contribution in [2.45, 2.75) is 44.9 Å². The van der Waals surface area contributed by atoms with Gasteiger partial charge in [-0.05, 0) is 32.4 Å². The maximum Gasteiger partial charge on any atom is 0.344 e. The zero-order valence-corrected chi connectivity index (χ0v) is 19.7. The number of nitrogens with zero attached hydrogens (tertiary/aromatic N) is 1. The molecule has 1 amide bonds. The first-order chi connectivity index (χ1) is 14.6. The van der Waals surface area contributed by atoms with Crippen LogP contribution in [0.5, 0.6) is 5.75 Å². The van der Waals surface area contributed by atoms with Gasteiger partial charge in [-0.2, -0.15) is 0 Å². The summed E-state index contributed by atoms with van der Waals surface area (Å²) in [6, 6.07) is 2.54. The number of rotatable bonds is 8. The molecule has 0 saturated heterocycles. The van der Waals surface area contributed by atoms with Gasteiger partial charge in [0.05, 0.1) is 23.4 Å². The van der Waals surface area contributed by atoms with Gasteiger partial charge in [0, 0.05) is 32.0 Å². The number of carbonyl (C=O) groups excluding carboxylic acids is 3. The molecular weight excluding hydrogens is 446 g/mol. The fourth-order valence-corrected chi connectivity index (χ4v) is 4.10. The monoisotopic (exact) mass is 473 g/mol. The van der Waals surface area contributed by atoms with Crippen molar-refractivity contribution in [2.75, 3.05) is 26.0 Å². The van der Waals surface area contributed by atoms with Gasteiger partial charge < -0.3 is 14.4 Å². The highest BCUT2D eigenvalue weighted by Gasteiger charge is 2.25. The number of allylic oxidation sites excluding steroid dienone is 2. The van der Waals surface area contributed by atoms with Crippen LogP contribution in [-0.2, 0) is 24.2 Å². The lowest BCUT2D eigenvalue weighted by Gasteiger charge is -2.15. The minimum Gasteiger partial charge on any atom is -0.494 e. The molecule has 8 nitrogen and oxygen atoms in total. The summed E-state index contributed by atoms with van der Waals surface area (Å²) in [6.45, 7) is 7.05. The number of sulfone groups is 1. The van der Waals surface area contributed by atoms with Gasteiger partial charge in [0.25, 0.3) is 0 Å². The minimum atomic E-state index is -3.56. The van der Waals surface area contributed by atoms with Gasteiger partial charge in [-0.1, -0.05) is 18.5 Å². The molecule has 0 heterocycles. The molecule has 0 unspecified atom stereocenters. The third-order valence-corrected chi connectivity index (χ3v) is 6.68. The van der Waals surface area contributed by atoms with Gasteiger partial charge in [-0.15, -0.1) is 0 Å². The largest absolute Gasteiger partial charge is 0.494 e. The van der Waals surface area contributed by atoms with Crippen LogP contribution in [0.1, 0.15) is 50.4 Å². The zero-order valence-electron chi connectivity index (χ0n) is 18.1. The van der Waals surface area contributed by atoms with Crippen molar-refractivity contribution in [3.63, 3.8) is 0 Å². The molecule has 0 fully saturated rings. The Labute approximate surface area is 188 Å². The number of hydrogen-bond donors (Lipinski definition) is 0. The Morgan fingerprint density at radius 3 is 2.29 bits per heavy atom. The average molecular weight is 474 g/mol. The Morgan fingerprint density at radius 1 is 1.19 bits per heavy atom. The first kappa shape index (κ1) is 26.6. The molecule has 10 heteroatoms. The Morgan fingerprint density at radius 2 is 1.84 bits per heavy atom. The minimum absolute atomic E-state index is 0.0255. The number of amides is 1. The van der Waals surface area contributed by atoms with Crippen LogP contribution in [0, 0.1) is 0 Å². The highest BCUT2D eigenvalue weighted by molar-refractivity contribution is 7.91. The summed E-state index contributed by atoms with van der Waals surface area (Å²) in [4.78, 5) is 35.1. The standard InChI is InChI=1S/C16H17ClO6S.C5H11NO/c1-3-24(20,21)13-8-7-12(14(17)15(13)22-2)16(19)23-11-6-4-5-10(18)9-11;1-3-6(4-2)5-7/h7-9H,3-6H2,1-2H3;5H,3-4H2,1-2H3. The molecule has 1 aromatic rings. The van der Waals surface area contributed by atoms with Gasteiger partial charge >= 0.3 is 5.97 Å². The van der Waals surface area contributed by atoms with Gasteiger partial charge in [0.2, 0.25) is 6.41 Å². The van der Waals surface area contributed by atoms with Gasteiger partial charge in [0.1, 0.15) is 10.7 Å². The SMILES string of the molecule is CCN(C=O)CC.CCS(=O)(=O)c1ccc(C(=O)OC2=CC(=O)CCC2)c(Cl)c1OC. The van der Waals surface area contributed by atoms with Crippen LogP contribution in [0.15, 0.2) is 28.9 Å². The molecule has 0 spiro atoms. The van der Waals surface area contributed by atoms with Crippen LogP contribution in [-0.4, -0.2) is 57.4 Å². The predicted molar refractivity (Wildman–Crippen MR) is 117 cm³/mol. The summed E-state index contributed by atoms with van der Waals surface area (Å²) in [6.07, 6.45) is 3.68. The Balaban J connectivity index is 0.000000592. The molecule has 1 aliphatic carbocycles. The number of esters is 1. The second-order valence-corrected chi connectivity index (χ2v) is 9.13. The first-order valence-electron chi connectivity index (χ1n) is 9.89. The summed E-state index contributed by atoms with van der Waals surface area (Å²) in [5, 5.41) is -0.139. The molecule has 172 valence electrons. The molecule has 0 atom stereocenters. The van der Waals surface area contributed by atoms with E-state index in [2.05, 4.69) is 0 Å². The summed E-state index contributed by atoms with van der Waals surface area (Å²) in [5.74, 6) is -0.812. The molecule has 0 aromatic heterocycles. The van der Waals surface area contributed by atoms with E-state index in [1.807, 2.05) is 13.8 Å². The number of hydrogen-bond acceptors (Lipinski definition) is 7.